The van der Waals surface area contributed by atoms with Gasteiger partial charge in [0.2, 0.25) is 0 Å². The van der Waals surface area contributed by atoms with Crippen LogP contribution in [-0.2, 0) is 9.53 Å². The molecule has 0 heterocycles. The maximum Gasteiger partial charge on any atom is 0.317 e. The van der Waals surface area contributed by atoms with Crippen molar-refractivity contribution in [1.82, 2.24) is 0 Å². The molecule has 0 aliphatic carbocycles. The Morgan fingerprint density at radius 1 is 1.47 bits per heavy atom. The molecular weight excluding hydrogens is 216 g/mol. The van der Waals surface area contributed by atoms with Crippen LogP contribution in [0, 0.1) is 23.2 Å². The number of anilines is 1. The summed E-state index contributed by atoms with van der Waals surface area (Å²) in [6.07, 6.45) is 0.00745. The smallest absolute Gasteiger partial charge is 0.317 e. The molecule has 0 aliphatic heterocycles. The van der Waals surface area contributed by atoms with Crippen molar-refractivity contribution in [3.8, 4) is 17.9 Å². The molecule has 0 aromatic heterocycles. The number of nitrogens with two attached hydrogens (primary N) is 1. The fourth-order valence-electron chi connectivity index (χ4n) is 1.19. The largest absolute Gasteiger partial charge is 0.465 e. The highest BCUT2D eigenvalue weighted by molar-refractivity contribution is 5.72. The third-order valence-corrected chi connectivity index (χ3v) is 1.93. The van der Waals surface area contributed by atoms with Gasteiger partial charge >= 0.3 is 5.97 Å². The topological polar surface area (TPSA) is 76.1 Å². The molecule has 0 bridgehead atoms. The summed E-state index contributed by atoms with van der Waals surface area (Å²) in [6, 6.07) is 6.85. The van der Waals surface area contributed by atoms with Crippen LogP contribution in [0.2, 0.25) is 0 Å². The van der Waals surface area contributed by atoms with E-state index in [1.165, 1.54) is 0 Å². The Morgan fingerprint density at radius 3 is 2.88 bits per heavy atom. The predicted octanol–water partition coefficient (Wildman–Crippen LogP) is 1.45. The number of carbonyl (C=O) groups is 1. The van der Waals surface area contributed by atoms with Gasteiger partial charge in [-0.1, -0.05) is 11.8 Å². The van der Waals surface area contributed by atoms with E-state index in [-0.39, 0.29) is 12.4 Å². The maximum absolute atomic E-state index is 11.0. The lowest BCUT2D eigenvalue weighted by molar-refractivity contribution is -0.141. The number of carbonyl (C=O) groups excluding carboxylic acids is 1. The zero-order valence-corrected chi connectivity index (χ0v) is 9.49. The van der Waals surface area contributed by atoms with E-state index in [1.807, 2.05) is 6.07 Å². The molecule has 4 heteroatoms. The van der Waals surface area contributed by atoms with E-state index in [4.69, 9.17) is 15.7 Å². The Hall–Kier alpha value is -2.46. The minimum absolute atomic E-state index is 0.00745. The zero-order chi connectivity index (χ0) is 12.7. The first kappa shape index (κ1) is 12.6. The quantitative estimate of drug-likeness (QED) is 0.472. The first-order valence-electron chi connectivity index (χ1n) is 5.11. The fourth-order valence-corrected chi connectivity index (χ4v) is 1.19. The summed E-state index contributed by atoms with van der Waals surface area (Å²) in [5, 5.41) is 8.85. The van der Waals surface area contributed by atoms with Gasteiger partial charge in [0, 0.05) is 11.3 Å². The van der Waals surface area contributed by atoms with Gasteiger partial charge in [0.25, 0.3) is 0 Å². The van der Waals surface area contributed by atoms with Gasteiger partial charge in [-0.15, -0.1) is 0 Å². The third-order valence-electron chi connectivity index (χ3n) is 1.93. The maximum atomic E-state index is 11.0. The second-order valence-electron chi connectivity index (χ2n) is 3.20. The number of hydrogen-bond donors (Lipinski definition) is 1. The van der Waals surface area contributed by atoms with Crippen molar-refractivity contribution < 1.29 is 9.53 Å². The van der Waals surface area contributed by atoms with E-state index in [1.54, 1.807) is 25.1 Å². The molecule has 4 nitrogen and oxygen atoms in total. The second kappa shape index (κ2) is 6.19. The molecule has 2 N–H and O–H groups in total. The van der Waals surface area contributed by atoms with Crippen LogP contribution in [0.25, 0.3) is 0 Å². The summed E-state index contributed by atoms with van der Waals surface area (Å²) in [5.41, 5.74) is 7.09. The Morgan fingerprint density at radius 2 is 2.24 bits per heavy atom. The molecule has 1 rings (SSSR count). The average molecular weight is 228 g/mol. The summed E-state index contributed by atoms with van der Waals surface area (Å²) in [7, 11) is 0. The summed E-state index contributed by atoms with van der Waals surface area (Å²) >= 11 is 0. The van der Waals surface area contributed by atoms with Crippen LogP contribution in [0.4, 0.5) is 5.69 Å². The summed E-state index contributed by atoms with van der Waals surface area (Å²) in [5.74, 6) is 5.03. The van der Waals surface area contributed by atoms with Crippen molar-refractivity contribution in [2.45, 2.75) is 13.3 Å². The number of nitriles is 1. The van der Waals surface area contributed by atoms with Gasteiger partial charge in [-0.05, 0) is 25.1 Å². The van der Waals surface area contributed by atoms with Gasteiger partial charge in [-0.25, -0.2) is 0 Å². The molecule has 0 aliphatic rings. The van der Waals surface area contributed by atoms with Gasteiger partial charge in [0.15, 0.2) is 0 Å². The van der Waals surface area contributed by atoms with Crippen LogP contribution in [0.1, 0.15) is 24.5 Å². The molecule has 0 radical (unpaired) electrons. The number of hydrogen-bond acceptors (Lipinski definition) is 4. The lowest BCUT2D eigenvalue weighted by Crippen LogP contribution is -2.01. The first-order chi connectivity index (χ1) is 8.17. The number of benzene rings is 1. The minimum atomic E-state index is -0.373. The number of nitrogens with zero attached hydrogens (tertiary/aromatic N) is 1. The van der Waals surface area contributed by atoms with Gasteiger partial charge < -0.3 is 10.5 Å². The van der Waals surface area contributed by atoms with Crippen molar-refractivity contribution in [3.63, 3.8) is 0 Å². The molecule has 0 saturated carbocycles. The lowest BCUT2D eigenvalue weighted by atomic mass is 10.1. The van der Waals surface area contributed by atoms with Crippen LogP contribution >= 0.6 is 0 Å². The van der Waals surface area contributed by atoms with Crippen molar-refractivity contribution >= 4 is 11.7 Å². The highest BCUT2D eigenvalue weighted by Gasteiger charge is 2.00. The van der Waals surface area contributed by atoms with Crippen molar-refractivity contribution in [1.29, 1.82) is 5.26 Å². The highest BCUT2D eigenvalue weighted by Crippen LogP contribution is 2.11. The van der Waals surface area contributed by atoms with Crippen LogP contribution in [0.15, 0.2) is 18.2 Å². The molecule has 0 saturated heterocycles. The number of esters is 1. The first-order valence-corrected chi connectivity index (χ1v) is 5.11. The van der Waals surface area contributed by atoms with E-state index in [0.717, 1.165) is 0 Å². The normalized spacial score (nSPS) is 8.71. The second-order valence-corrected chi connectivity index (χ2v) is 3.20. The monoisotopic (exact) mass is 228 g/mol. The number of ether oxygens (including phenoxy) is 1. The van der Waals surface area contributed by atoms with E-state index in [2.05, 4.69) is 11.8 Å². The van der Waals surface area contributed by atoms with Gasteiger partial charge in [0.1, 0.15) is 12.5 Å². The lowest BCUT2D eigenvalue weighted by Gasteiger charge is -1.97. The standard InChI is InChI=1S/C13H12N2O2/c1-2-17-13(16)5-3-4-10-8-12(15)7-6-11(10)9-14/h6-8H,2,5,15H2,1H3. The number of nitrogen functional groups attached to an aromatic ring is 1. The minimum Gasteiger partial charge on any atom is -0.465 e. The Kier molecular flexibility index (Phi) is 4.59. The zero-order valence-electron chi connectivity index (χ0n) is 9.49. The van der Waals surface area contributed by atoms with E-state index >= 15 is 0 Å². The van der Waals surface area contributed by atoms with Crippen molar-refractivity contribution in [2.75, 3.05) is 12.3 Å². The average Bonchev–Trinajstić information content (AvgIpc) is 2.30. The molecule has 1 aromatic rings. The van der Waals surface area contributed by atoms with Crippen LogP contribution in [-0.4, -0.2) is 12.6 Å². The van der Waals surface area contributed by atoms with E-state index in [0.29, 0.717) is 23.4 Å². The fraction of sp³-hybridized carbons (Fsp3) is 0.231. The van der Waals surface area contributed by atoms with Crippen LogP contribution < -0.4 is 5.73 Å². The van der Waals surface area contributed by atoms with E-state index < -0.39 is 0 Å². The van der Waals surface area contributed by atoms with Crippen LogP contribution in [0.5, 0.6) is 0 Å². The Labute approximate surface area is 100.0 Å². The molecule has 17 heavy (non-hydrogen) atoms. The van der Waals surface area contributed by atoms with Crippen LogP contribution in [0.3, 0.4) is 0 Å². The molecule has 0 atom stereocenters. The van der Waals surface area contributed by atoms with Gasteiger partial charge in [-0.3, -0.25) is 4.79 Å². The predicted molar refractivity (Wildman–Crippen MR) is 63.7 cm³/mol. The van der Waals surface area contributed by atoms with Gasteiger partial charge in [-0.2, -0.15) is 5.26 Å². The summed E-state index contributed by atoms with van der Waals surface area (Å²) in [4.78, 5) is 11.0. The molecule has 0 fully saturated rings. The van der Waals surface area contributed by atoms with Crippen molar-refractivity contribution in [3.05, 3.63) is 29.3 Å². The number of rotatable bonds is 2. The van der Waals surface area contributed by atoms with Crippen molar-refractivity contribution in [2.24, 2.45) is 0 Å². The molecule has 86 valence electrons. The SMILES string of the molecule is CCOC(=O)CC#Cc1cc(N)ccc1C#N. The molecular formula is C13H12N2O2. The summed E-state index contributed by atoms with van der Waals surface area (Å²) < 4.78 is 4.73. The molecule has 0 amide bonds. The Bertz CT molecular complexity index is 518. The highest BCUT2D eigenvalue weighted by atomic mass is 16.5. The molecule has 0 unspecified atom stereocenters. The Balaban J connectivity index is 2.81. The van der Waals surface area contributed by atoms with E-state index in [9.17, 15) is 4.79 Å². The third kappa shape index (κ3) is 3.89. The summed E-state index contributed by atoms with van der Waals surface area (Å²) in [6.45, 7) is 2.07. The van der Waals surface area contributed by atoms with Gasteiger partial charge in [0.05, 0.1) is 12.2 Å². The molecule has 1 aromatic carbocycles. The molecule has 0 spiro atoms.